The molecule has 1 N–H and O–H groups in total. The van der Waals surface area contributed by atoms with E-state index in [1.807, 2.05) is 24.7 Å². The van der Waals surface area contributed by atoms with Gasteiger partial charge in [-0.15, -0.1) is 0 Å². The number of imidazole rings is 1. The van der Waals surface area contributed by atoms with E-state index >= 15 is 0 Å². The first kappa shape index (κ1) is 13.8. The lowest BCUT2D eigenvalue weighted by Gasteiger charge is -2.06. The van der Waals surface area contributed by atoms with Gasteiger partial charge in [-0.3, -0.25) is 0 Å². The summed E-state index contributed by atoms with van der Waals surface area (Å²) < 4.78 is 28.4. The van der Waals surface area contributed by atoms with Crippen LogP contribution in [0.5, 0.6) is 0 Å². The summed E-state index contributed by atoms with van der Waals surface area (Å²) in [6.45, 7) is 2.26. The van der Waals surface area contributed by atoms with Gasteiger partial charge in [0, 0.05) is 26.2 Å². The van der Waals surface area contributed by atoms with Crippen LogP contribution in [-0.4, -0.2) is 24.5 Å². The molecule has 2 aromatic rings. The molecule has 0 atom stereocenters. The smallest absolute Gasteiger partial charge is 0.240 e. The average Bonchev–Trinajstić information content (AvgIpc) is 2.75. The van der Waals surface area contributed by atoms with Gasteiger partial charge in [-0.2, -0.15) is 0 Å². The molecular formula is C13H17N3O2S. The van der Waals surface area contributed by atoms with E-state index in [-0.39, 0.29) is 0 Å². The first-order valence-corrected chi connectivity index (χ1v) is 7.49. The van der Waals surface area contributed by atoms with Gasteiger partial charge in [0.1, 0.15) is 0 Å². The third kappa shape index (κ3) is 3.65. The topological polar surface area (TPSA) is 64.0 Å². The van der Waals surface area contributed by atoms with Crippen molar-refractivity contribution >= 4 is 10.0 Å². The monoisotopic (exact) mass is 279 g/mol. The number of hydrogen-bond donors (Lipinski definition) is 1. The Bertz CT molecular complexity index is 645. The van der Waals surface area contributed by atoms with Crippen molar-refractivity contribution < 1.29 is 8.42 Å². The van der Waals surface area contributed by atoms with E-state index in [1.165, 1.54) is 0 Å². The van der Waals surface area contributed by atoms with Crippen molar-refractivity contribution in [2.75, 3.05) is 6.54 Å². The zero-order valence-electron chi connectivity index (χ0n) is 11.0. The lowest BCUT2D eigenvalue weighted by Crippen LogP contribution is -2.26. The summed E-state index contributed by atoms with van der Waals surface area (Å²) in [5.74, 6) is 0. The number of nitrogens with zero attached hydrogens (tertiary/aromatic N) is 2. The normalized spacial score (nSPS) is 11.7. The van der Waals surface area contributed by atoms with E-state index in [1.54, 1.807) is 30.6 Å². The molecule has 0 saturated heterocycles. The molecule has 1 aromatic carbocycles. The molecule has 0 aliphatic carbocycles. The van der Waals surface area contributed by atoms with Gasteiger partial charge in [0.25, 0.3) is 0 Å². The molecular weight excluding hydrogens is 262 g/mol. The van der Waals surface area contributed by atoms with Gasteiger partial charge in [0.15, 0.2) is 0 Å². The quantitative estimate of drug-likeness (QED) is 0.896. The minimum Gasteiger partial charge on any atom is -0.340 e. The first-order valence-electron chi connectivity index (χ1n) is 6.00. The SMILES string of the molecule is Cc1ccc(S(=O)(=O)NCCc2cn(C)cn2)cc1. The third-order valence-corrected chi connectivity index (χ3v) is 4.24. The van der Waals surface area contributed by atoms with Gasteiger partial charge in [-0.25, -0.2) is 18.1 Å². The van der Waals surface area contributed by atoms with Crippen molar-refractivity contribution in [3.63, 3.8) is 0 Å². The second kappa shape index (κ2) is 5.54. The molecule has 0 radical (unpaired) electrons. The number of benzene rings is 1. The number of rotatable bonds is 5. The molecule has 0 bridgehead atoms. The minimum absolute atomic E-state index is 0.291. The van der Waals surface area contributed by atoms with Crippen molar-refractivity contribution in [3.05, 3.63) is 48.0 Å². The fourth-order valence-electron chi connectivity index (χ4n) is 1.71. The fourth-order valence-corrected chi connectivity index (χ4v) is 2.74. The lowest BCUT2D eigenvalue weighted by molar-refractivity contribution is 0.581. The predicted octanol–water partition coefficient (Wildman–Crippen LogP) is 1.25. The maximum Gasteiger partial charge on any atom is 0.240 e. The van der Waals surface area contributed by atoms with Gasteiger partial charge in [0.2, 0.25) is 10.0 Å². The Morgan fingerprint density at radius 2 is 1.95 bits per heavy atom. The van der Waals surface area contributed by atoms with Crippen molar-refractivity contribution in [1.82, 2.24) is 14.3 Å². The Morgan fingerprint density at radius 3 is 2.53 bits per heavy atom. The van der Waals surface area contributed by atoms with Crippen LogP contribution in [0.1, 0.15) is 11.3 Å². The van der Waals surface area contributed by atoms with Gasteiger partial charge >= 0.3 is 0 Å². The Hall–Kier alpha value is -1.66. The zero-order chi connectivity index (χ0) is 13.9. The molecule has 1 aromatic heterocycles. The number of hydrogen-bond acceptors (Lipinski definition) is 3. The standard InChI is InChI=1S/C13H17N3O2S/c1-11-3-5-13(6-4-11)19(17,18)15-8-7-12-9-16(2)10-14-12/h3-6,9-10,15H,7-8H2,1-2H3. The lowest BCUT2D eigenvalue weighted by atomic mass is 10.2. The highest BCUT2D eigenvalue weighted by molar-refractivity contribution is 7.89. The number of aromatic nitrogens is 2. The summed E-state index contributed by atoms with van der Waals surface area (Å²) in [6, 6.07) is 6.79. The fraction of sp³-hybridized carbons (Fsp3) is 0.308. The molecule has 19 heavy (non-hydrogen) atoms. The van der Waals surface area contributed by atoms with Crippen molar-refractivity contribution in [2.24, 2.45) is 7.05 Å². The van der Waals surface area contributed by atoms with Crippen LogP contribution < -0.4 is 4.72 Å². The van der Waals surface area contributed by atoms with Crippen LogP contribution in [0.3, 0.4) is 0 Å². The molecule has 0 saturated carbocycles. The molecule has 0 aliphatic heterocycles. The van der Waals surface area contributed by atoms with Crippen molar-refractivity contribution in [2.45, 2.75) is 18.2 Å². The van der Waals surface area contributed by atoms with Gasteiger partial charge < -0.3 is 4.57 Å². The van der Waals surface area contributed by atoms with Gasteiger partial charge in [-0.1, -0.05) is 17.7 Å². The van der Waals surface area contributed by atoms with Crippen LogP contribution in [-0.2, 0) is 23.5 Å². The Morgan fingerprint density at radius 1 is 1.26 bits per heavy atom. The zero-order valence-corrected chi connectivity index (χ0v) is 11.8. The Kier molecular flexibility index (Phi) is 4.01. The van der Waals surface area contributed by atoms with Crippen LogP contribution in [0, 0.1) is 6.92 Å². The summed E-state index contributed by atoms with van der Waals surface area (Å²) in [5.41, 5.74) is 1.90. The predicted molar refractivity (Wildman–Crippen MR) is 73.3 cm³/mol. The molecule has 6 heteroatoms. The summed E-state index contributed by atoms with van der Waals surface area (Å²) >= 11 is 0. The van der Waals surface area contributed by atoms with E-state index in [0.29, 0.717) is 17.9 Å². The van der Waals surface area contributed by atoms with E-state index < -0.39 is 10.0 Å². The molecule has 5 nitrogen and oxygen atoms in total. The summed E-state index contributed by atoms with van der Waals surface area (Å²) in [7, 11) is -1.54. The highest BCUT2D eigenvalue weighted by Gasteiger charge is 2.12. The number of nitrogens with one attached hydrogen (secondary N) is 1. The van der Waals surface area contributed by atoms with E-state index in [2.05, 4.69) is 9.71 Å². The Balaban J connectivity index is 1.96. The van der Waals surface area contributed by atoms with Crippen LogP contribution in [0.4, 0.5) is 0 Å². The summed E-state index contributed by atoms with van der Waals surface area (Å²) in [5, 5.41) is 0. The molecule has 102 valence electrons. The molecule has 0 aliphatic rings. The van der Waals surface area contributed by atoms with Crippen LogP contribution in [0.25, 0.3) is 0 Å². The van der Waals surface area contributed by atoms with Crippen molar-refractivity contribution in [1.29, 1.82) is 0 Å². The summed E-state index contributed by atoms with van der Waals surface area (Å²) in [6.07, 6.45) is 4.15. The molecule has 2 rings (SSSR count). The summed E-state index contributed by atoms with van der Waals surface area (Å²) in [4.78, 5) is 4.44. The molecule has 0 fully saturated rings. The highest BCUT2D eigenvalue weighted by Crippen LogP contribution is 2.09. The maximum atomic E-state index is 12.0. The highest BCUT2D eigenvalue weighted by atomic mass is 32.2. The second-order valence-electron chi connectivity index (χ2n) is 4.49. The maximum absolute atomic E-state index is 12.0. The Labute approximate surface area is 113 Å². The number of aryl methyl sites for hydroxylation is 2. The first-order chi connectivity index (χ1) is 8.97. The van der Waals surface area contributed by atoms with E-state index in [0.717, 1.165) is 11.3 Å². The molecule has 0 spiro atoms. The molecule has 1 heterocycles. The molecule has 0 unspecified atom stereocenters. The van der Waals surface area contributed by atoms with E-state index in [9.17, 15) is 8.42 Å². The van der Waals surface area contributed by atoms with Crippen molar-refractivity contribution in [3.8, 4) is 0 Å². The number of sulfonamides is 1. The molecule has 0 amide bonds. The van der Waals surface area contributed by atoms with Crippen LogP contribution >= 0.6 is 0 Å². The second-order valence-corrected chi connectivity index (χ2v) is 6.26. The van der Waals surface area contributed by atoms with E-state index in [4.69, 9.17) is 0 Å². The largest absolute Gasteiger partial charge is 0.340 e. The van der Waals surface area contributed by atoms with Gasteiger partial charge in [-0.05, 0) is 19.1 Å². The average molecular weight is 279 g/mol. The van der Waals surface area contributed by atoms with Crippen LogP contribution in [0.15, 0.2) is 41.7 Å². The minimum atomic E-state index is -3.42. The van der Waals surface area contributed by atoms with Crippen LogP contribution in [0.2, 0.25) is 0 Å². The third-order valence-electron chi connectivity index (χ3n) is 2.76. The van der Waals surface area contributed by atoms with Gasteiger partial charge in [0.05, 0.1) is 16.9 Å².